The number of amides is 1. The van der Waals surface area contributed by atoms with Crippen molar-refractivity contribution in [3.8, 4) is 0 Å². The molecule has 0 radical (unpaired) electrons. The van der Waals surface area contributed by atoms with E-state index in [2.05, 4.69) is 26.1 Å². The first-order valence-electron chi connectivity index (χ1n) is 6.20. The van der Waals surface area contributed by atoms with Gasteiger partial charge in [0.05, 0.1) is 12.7 Å². The number of rotatable bonds is 3. The zero-order valence-corrected chi connectivity index (χ0v) is 12.5. The van der Waals surface area contributed by atoms with Gasteiger partial charge < -0.3 is 15.0 Å². The Hall–Kier alpha value is -1.05. The van der Waals surface area contributed by atoms with Gasteiger partial charge in [-0.1, -0.05) is 15.9 Å². The van der Waals surface area contributed by atoms with Gasteiger partial charge >= 0.3 is 0 Å². The Morgan fingerprint density at radius 1 is 1.50 bits per heavy atom. The molecule has 4 nitrogen and oxygen atoms in total. The second kappa shape index (κ2) is 6.60. The summed E-state index contributed by atoms with van der Waals surface area (Å²) in [6.45, 7) is 2.31. The molecule has 110 valence electrons. The lowest BCUT2D eigenvalue weighted by Crippen LogP contribution is -2.46. The molecular formula is C13H15BrF2N2O2. The molecule has 1 fully saturated rings. The number of nitrogens with zero attached hydrogens (tertiary/aromatic N) is 1. The second-order valence-electron chi connectivity index (χ2n) is 4.71. The summed E-state index contributed by atoms with van der Waals surface area (Å²) >= 11 is 2.97. The number of benzene rings is 1. The van der Waals surface area contributed by atoms with Gasteiger partial charge in [-0.25, -0.2) is 8.78 Å². The molecule has 0 spiro atoms. The summed E-state index contributed by atoms with van der Waals surface area (Å²) in [6, 6.07) is 2.12. The van der Waals surface area contributed by atoms with Gasteiger partial charge in [0.1, 0.15) is 17.2 Å². The number of nitrogens with one attached hydrogen (secondary N) is 1. The molecule has 1 N–H and O–H groups in total. The molecule has 1 aromatic carbocycles. The van der Waals surface area contributed by atoms with Crippen LogP contribution in [0.25, 0.3) is 0 Å². The third-order valence-corrected chi connectivity index (χ3v) is 3.52. The van der Waals surface area contributed by atoms with E-state index >= 15 is 0 Å². The number of halogens is 3. The molecule has 1 unspecified atom stereocenters. The van der Waals surface area contributed by atoms with Crippen LogP contribution in [0, 0.1) is 11.6 Å². The highest BCUT2D eigenvalue weighted by Gasteiger charge is 2.22. The van der Waals surface area contributed by atoms with Crippen LogP contribution in [0.5, 0.6) is 0 Å². The van der Waals surface area contributed by atoms with Crippen LogP contribution in [0.3, 0.4) is 0 Å². The van der Waals surface area contributed by atoms with Crippen molar-refractivity contribution in [3.05, 3.63) is 33.8 Å². The molecule has 0 bridgehead atoms. The highest BCUT2D eigenvalue weighted by molar-refractivity contribution is 9.10. The number of carbonyl (C=O) groups excluding carboxylic acids is 1. The van der Waals surface area contributed by atoms with E-state index in [-0.39, 0.29) is 17.1 Å². The van der Waals surface area contributed by atoms with Crippen LogP contribution in [0.4, 0.5) is 8.78 Å². The number of ether oxygens (including phenoxy) is 1. The molecule has 7 heteroatoms. The molecule has 1 aliphatic rings. The number of morpholine rings is 1. The molecule has 0 aliphatic carbocycles. The van der Waals surface area contributed by atoms with E-state index in [1.807, 2.05) is 7.05 Å². The second-order valence-corrected chi connectivity index (χ2v) is 5.63. The SMILES string of the molecule is CN1CCOC(CNC(=O)c2c(F)cc(Br)cc2F)C1. The molecular weight excluding hydrogens is 334 g/mol. The Balaban J connectivity index is 1.98. The molecule has 1 amide bonds. The average Bonchev–Trinajstić information content (AvgIpc) is 2.35. The van der Waals surface area contributed by atoms with Crippen molar-refractivity contribution in [3.63, 3.8) is 0 Å². The van der Waals surface area contributed by atoms with Crippen molar-refractivity contribution in [2.75, 3.05) is 33.3 Å². The van der Waals surface area contributed by atoms with Crippen LogP contribution in [0.1, 0.15) is 10.4 Å². The minimum absolute atomic E-state index is 0.167. The van der Waals surface area contributed by atoms with Crippen LogP contribution in [0.15, 0.2) is 16.6 Å². The zero-order valence-electron chi connectivity index (χ0n) is 11.0. The van der Waals surface area contributed by atoms with Gasteiger partial charge in [-0.2, -0.15) is 0 Å². The fraction of sp³-hybridized carbons (Fsp3) is 0.462. The lowest BCUT2D eigenvalue weighted by atomic mass is 10.1. The Morgan fingerprint density at radius 2 is 2.15 bits per heavy atom. The summed E-state index contributed by atoms with van der Waals surface area (Å²) in [7, 11) is 1.95. The average molecular weight is 349 g/mol. The standard InChI is InChI=1S/C13H15BrF2N2O2/c1-18-2-3-20-9(7-18)6-17-13(19)12-10(15)4-8(14)5-11(12)16/h4-5,9H,2-3,6-7H2,1H3,(H,17,19). The molecule has 1 heterocycles. The maximum Gasteiger partial charge on any atom is 0.257 e. The Labute approximate surface area is 124 Å². The van der Waals surface area contributed by atoms with Gasteiger partial charge in [0.15, 0.2) is 0 Å². The molecule has 1 aliphatic heterocycles. The Bertz CT molecular complexity index is 490. The third kappa shape index (κ3) is 3.74. The van der Waals surface area contributed by atoms with E-state index in [0.717, 1.165) is 18.7 Å². The normalized spacial score (nSPS) is 19.9. The molecule has 1 aromatic rings. The van der Waals surface area contributed by atoms with Crippen LogP contribution in [-0.2, 0) is 4.74 Å². The van der Waals surface area contributed by atoms with Crippen LogP contribution >= 0.6 is 15.9 Å². The molecule has 0 saturated carbocycles. The minimum Gasteiger partial charge on any atom is -0.374 e. The fourth-order valence-corrected chi connectivity index (χ4v) is 2.45. The third-order valence-electron chi connectivity index (χ3n) is 3.07. The highest BCUT2D eigenvalue weighted by atomic mass is 79.9. The maximum atomic E-state index is 13.6. The van der Waals surface area contributed by atoms with Crippen molar-refractivity contribution in [1.29, 1.82) is 0 Å². The smallest absolute Gasteiger partial charge is 0.257 e. The van der Waals surface area contributed by atoms with Crippen molar-refractivity contribution >= 4 is 21.8 Å². The number of likely N-dealkylation sites (N-methyl/N-ethyl adjacent to an activating group) is 1. The predicted octanol–water partition coefficient (Wildman–Crippen LogP) is 1.79. The number of hydrogen-bond donors (Lipinski definition) is 1. The number of carbonyl (C=O) groups is 1. The van der Waals surface area contributed by atoms with E-state index in [0.29, 0.717) is 13.2 Å². The fourth-order valence-electron chi connectivity index (χ4n) is 2.04. The van der Waals surface area contributed by atoms with Crippen molar-refractivity contribution < 1.29 is 18.3 Å². The topological polar surface area (TPSA) is 41.6 Å². The maximum absolute atomic E-state index is 13.6. The number of hydrogen-bond acceptors (Lipinski definition) is 3. The minimum atomic E-state index is -0.893. The van der Waals surface area contributed by atoms with Gasteiger partial charge in [-0.3, -0.25) is 4.79 Å². The summed E-state index contributed by atoms with van der Waals surface area (Å²) in [4.78, 5) is 13.9. The van der Waals surface area contributed by atoms with Crippen LogP contribution in [0.2, 0.25) is 0 Å². The Kier molecular flexibility index (Phi) is 5.06. The molecule has 1 atom stereocenters. The van der Waals surface area contributed by atoms with Gasteiger partial charge in [-0.15, -0.1) is 0 Å². The zero-order chi connectivity index (χ0) is 14.7. The van der Waals surface area contributed by atoms with Crippen molar-refractivity contribution in [2.24, 2.45) is 0 Å². The predicted molar refractivity (Wildman–Crippen MR) is 73.6 cm³/mol. The summed E-state index contributed by atoms with van der Waals surface area (Å²) in [5, 5.41) is 2.50. The molecule has 1 saturated heterocycles. The van der Waals surface area contributed by atoms with E-state index in [9.17, 15) is 13.6 Å². The first kappa shape index (κ1) is 15.3. The first-order valence-corrected chi connectivity index (χ1v) is 6.99. The van der Waals surface area contributed by atoms with Crippen molar-refractivity contribution in [1.82, 2.24) is 10.2 Å². The quantitative estimate of drug-likeness (QED) is 0.905. The van der Waals surface area contributed by atoms with E-state index in [1.165, 1.54) is 0 Å². The summed E-state index contributed by atoms with van der Waals surface area (Å²) in [5.41, 5.74) is -0.572. The monoisotopic (exact) mass is 348 g/mol. The molecule has 0 aromatic heterocycles. The molecule has 20 heavy (non-hydrogen) atoms. The van der Waals surface area contributed by atoms with E-state index < -0.39 is 23.1 Å². The lowest BCUT2D eigenvalue weighted by molar-refractivity contribution is -0.0175. The van der Waals surface area contributed by atoms with Gasteiger partial charge in [0.25, 0.3) is 5.91 Å². The van der Waals surface area contributed by atoms with E-state index in [4.69, 9.17) is 4.74 Å². The highest BCUT2D eigenvalue weighted by Crippen LogP contribution is 2.19. The van der Waals surface area contributed by atoms with Crippen LogP contribution in [-0.4, -0.2) is 50.2 Å². The van der Waals surface area contributed by atoms with Crippen molar-refractivity contribution in [2.45, 2.75) is 6.10 Å². The molecule has 2 rings (SSSR count). The first-order chi connectivity index (χ1) is 9.47. The van der Waals surface area contributed by atoms with Crippen LogP contribution < -0.4 is 5.32 Å². The largest absolute Gasteiger partial charge is 0.374 e. The Morgan fingerprint density at radius 3 is 2.75 bits per heavy atom. The van der Waals surface area contributed by atoms with E-state index in [1.54, 1.807) is 0 Å². The van der Waals surface area contributed by atoms with Gasteiger partial charge in [0.2, 0.25) is 0 Å². The van der Waals surface area contributed by atoms with Gasteiger partial charge in [-0.05, 0) is 19.2 Å². The summed E-state index contributed by atoms with van der Waals surface area (Å²) in [6.07, 6.45) is -0.167. The summed E-state index contributed by atoms with van der Waals surface area (Å²) < 4.78 is 33.0. The van der Waals surface area contributed by atoms with Gasteiger partial charge in [0, 0.05) is 24.1 Å². The lowest BCUT2D eigenvalue weighted by Gasteiger charge is -2.30. The summed E-state index contributed by atoms with van der Waals surface area (Å²) in [5.74, 6) is -2.56.